The maximum atomic E-state index is 4.89. The monoisotopic (exact) mass is 428 g/mol. The molecule has 4 heteroatoms. The lowest BCUT2D eigenvalue weighted by Gasteiger charge is -2.19. The Balaban J connectivity index is 1.77. The molecule has 0 aliphatic rings. The summed E-state index contributed by atoms with van der Waals surface area (Å²) in [5.41, 5.74) is 10.9. The van der Waals surface area contributed by atoms with Gasteiger partial charge in [-0.1, -0.05) is 65.7 Å². The molecule has 0 saturated heterocycles. The normalized spacial score (nSPS) is 10.7. The van der Waals surface area contributed by atoms with Crippen LogP contribution in [0.15, 0.2) is 59.6 Å². The second kappa shape index (κ2) is 11.0. The lowest BCUT2D eigenvalue weighted by molar-refractivity contribution is 0.695. The molecule has 32 heavy (non-hydrogen) atoms. The summed E-state index contributed by atoms with van der Waals surface area (Å²) in [6.45, 7) is 15.2. The van der Waals surface area contributed by atoms with Crippen molar-refractivity contribution >= 4 is 17.3 Å². The molecule has 0 atom stereocenters. The molecule has 0 saturated carbocycles. The number of benzene rings is 3. The van der Waals surface area contributed by atoms with Crippen LogP contribution in [0.2, 0.25) is 0 Å². The zero-order chi connectivity index (χ0) is 23.1. The van der Waals surface area contributed by atoms with Gasteiger partial charge in [0.2, 0.25) is 0 Å². The molecule has 0 amide bonds. The van der Waals surface area contributed by atoms with Gasteiger partial charge in [0.25, 0.3) is 0 Å². The summed E-state index contributed by atoms with van der Waals surface area (Å²) in [4.78, 5) is 4.89. The van der Waals surface area contributed by atoms with Crippen LogP contribution in [0.5, 0.6) is 0 Å². The van der Waals surface area contributed by atoms with Crippen LogP contribution in [0.3, 0.4) is 0 Å². The van der Waals surface area contributed by atoms with E-state index in [1.165, 1.54) is 38.9 Å². The summed E-state index contributed by atoms with van der Waals surface area (Å²) in [7, 11) is 0. The first-order chi connectivity index (χ1) is 15.3. The molecule has 3 rings (SSSR count). The second-order valence-corrected chi connectivity index (χ2v) is 8.69. The molecule has 0 fully saturated rings. The standard InChI is InChI=1S/C28H36N4/c1-19-14-21(3)26(22(4)15-19)31-28(32-27-23(5)16-20(2)17-24(27)6)30-13-12-29-18-25-10-8-7-9-11-25/h7-11,14-17,29H,12-13,18H2,1-6H3,(H2,30,31,32). The number of nitrogens with one attached hydrogen (secondary N) is 3. The molecular formula is C28H36N4. The van der Waals surface area contributed by atoms with Gasteiger partial charge in [0.15, 0.2) is 5.96 Å². The van der Waals surface area contributed by atoms with Crippen LogP contribution in [0.25, 0.3) is 0 Å². The number of hydrogen-bond acceptors (Lipinski definition) is 2. The van der Waals surface area contributed by atoms with Crippen molar-refractivity contribution in [3.63, 3.8) is 0 Å². The van der Waals surface area contributed by atoms with Gasteiger partial charge in [0.05, 0.1) is 6.54 Å². The Morgan fingerprint density at radius 2 is 1.16 bits per heavy atom. The highest BCUT2D eigenvalue weighted by Gasteiger charge is 2.10. The molecule has 0 aliphatic heterocycles. The molecule has 3 aromatic carbocycles. The Morgan fingerprint density at radius 3 is 1.62 bits per heavy atom. The Kier molecular flexibility index (Phi) is 8.07. The van der Waals surface area contributed by atoms with Crippen molar-refractivity contribution in [3.8, 4) is 0 Å². The molecule has 0 radical (unpaired) electrons. The minimum absolute atomic E-state index is 0.677. The fourth-order valence-corrected chi connectivity index (χ4v) is 4.18. The summed E-state index contributed by atoms with van der Waals surface area (Å²) in [5, 5.41) is 10.6. The quantitative estimate of drug-likeness (QED) is 0.238. The van der Waals surface area contributed by atoms with Gasteiger partial charge in [-0.25, -0.2) is 0 Å². The van der Waals surface area contributed by atoms with Gasteiger partial charge >= 0.3 is 0 Å². The molecule has 0 unspecified atom stereocenters. The number of nitrogens with zero attached hydrogens (tertiary/aromatic N) is 1. The third kappa shape index (κ3) is 6.44. The van der Waals surface area contributed by atoms with Crippen LogP contribution in [0, 0.1) is 41.5 Å². The van der Waals surface area contributed by atoms with Crippen molar-refractivity contribution in [2.24, 2.45) is 4.99 Å². The van der Waals surface area contributed by atoms with E-state index in [0.717, 1.165) is 30.4 Å². The van der Waals surface area contributed by atoms with Gasteiger partial charge in [0.1, 0.15) is 0 Å². The van der Waals surface area contributed by atoms with Crippen LogP contribution < -0.4 is 16.0 Å². The van der Waals surface area contributed by atoms with Gasteiger partial charge in [-0.15, -0.1) is 0 Å². The van der Waals surface area contributed by atoms with Crippen molar-refractivity contribution in [3.05, 3.63) is 93.5 Å². The van der Waals surface area contributed by atoms with Crippen molar-refractivity contribution in [1.82, 2.24) is 5.32 Å². The number of rotatable bonds is 7. The summed E-state index contributed by atoms with van der Waals surface area (Å²) in [6.07, 6.45) is 0. The number of hydrogen-bond donors (Lipinski definition) is 3. The largest absolute Gasteiger partial charge is 0.326 e. The molecule has 3 N–H and O–H groups in total. The van der Waals surface area contributed by atoms with Gasteiger partial charge in [-0.05, 0) is 69.4 Å². The van der Waals surface area contributed by atoms with Gasteiger partial charge < -0.3 is 16.0 Å². The molecule has 0 aliphatic carbocycles. The molecule has 168 valence electrons. The molecule has 0 heterocycles. The smallest absolute Gasteiger partial charge is 0.200 e. The minimum Gasteiger partial charge on any atom is -0.326 e. The third-order valence-electron chi connectivity index (χ3n) is 5.57. The van der Waals surface area contributed by atoms with Crippen LogP contribution >= 0.6 is 0 Å². The number of aliphatic imine (C=N–C) groups is 1. The molecule has 0 spiro atoms. The van der Waals surface area contributed by atoms with Crippen molar-refractivity contribution in [2.45, 2.75) is 48.1 Å². The number of anilines is 2. The van der Waals surface area contributed by atoms with Crippen LogP contribution in [0.4, 0.5) is 11.4 Å². The molecule has 4 nitrogen and oxygen atoms in total. The predicted molar refractivity (Wildman–Crippen MR) is 139 cm³/mol. The Morgan fingerprint density at radius 1 is 0.688 bits per heavy atom. The van der Waals surface area contributed by atoms with E-state index in [-0.39, 0.29) is 0 Å². The van der Waals surface area contributed by atoms with E-state index in [9.17, 15) is 0 Å². The Bertz CT molecular complexity index is 976. The lowest BCUT2D eigenvalue weighted by atomic mass is 10.0. The highest BCUT2D eigenvalue weighted by molar-refractivity contribution is 6.05. The summed E-state index contributed by atoms with van der Waals surface area (Å²) in [5.74, 6) is 0.775. The SMILES string of the molecule is Cc1cc(C)c(NC(=NCCNCc2ccccc2)Nc2c(C)cc(C)cc2C)c(C)c1. The minimum atomic E-state index is 0.677. The van der Waals surface area contributed by atoms with E-state index >= 15 is 0 Å². The van der Waals surface area contributed by atoms with Gasteiger partial charge in [-0.3, -0.25) is 4.99 Å². The second-order valence-electron chi connectivity index (χ2n) is 8.69. The van der Waals surface area contributed by atoms with Crippen LogP contribution in [-0.4, -0.2) is 19.0 Å². The molecule has 0 bridgehead atoms. The molecule has 0 aromatic heterocycles. The lowest BCUT2D eigenvalue weighted by Crippen LogP contribution is -2.26. The van der Waals surface area contributed by atoms with E-state index in [0.29, 0.717) is 6.54 Å². The first-order valence-corrected chi connectivity index (χ1v) is 11.3. The first-order valence-electron chi connectivity index (χ1n) is 11.3. The predicted octanol–water partition coefficient (Wildman–Crippen LogP) is 6.21. The third-order valence-corrected chi connectivity index (χ3v) is 5.57. The summed E-state index contributed by atoms with van der Waals surface area (Å²) in [6, 6.07) is 19.3. The Labute approximate surface area is 193 Å². The zero-order valence-corrected chi connectivity index (χ0v) is 20.3. The topological polar surface area (TPSA) is 48.5 Å². The average molecular weight is 429 g/mol. The fraction of sp³-hybridized carbons (Fsp3) is 0.321. The average Bonchev–Trinajstić information content (AvgIpc) is 2.73. The summed E-state index contributed by atoms with van der Waals surface area (Å²) < 4.78 is 0. The van der Waals surface area contributed by atoms with E-state index in [1.54, 1.807) is 0 Å². The van der Waals surface area contributed by atoms with Crippen molar-refractivity contribution in [2.75, 3.05) is 23.7 Å². The fourth-order valence-electron chi connectivity index (χ4n) is 4.18. The maximum Gasteiger partial charge on any atom is 0.200 e. The molecular weight excluding hydrogens is 392 g/mol. The van der Waals surface area contributed by atoms with E-state index < -0.39 is 0 Å². The van der Waals surface area contributed by atoms with Gasteiger partial charge in [-0.2, -0.15) is 0 Å². The number of aryl methyl sites for hydroxylation is 6. The highest BCUT2D eigenvalue weighted by Crippen LogP contribution is 2.25. The van der Waals surface area contributed by atoms with Crippen molar-refractivity contribution in [1.29, 1.82) is 0 Å². The highest BCUT2D eigenvalue weighted by atomic mass is 15.2. The van der Waals surface area contributed by atoms with E-state index in [2.05, 4.69) is 106 Å². The summed E-state index contributed by atoms with van der Waals surface area (Å²) >= 11 is 0. The molecule has 3 aromatic rings. The van der Waals surface area contributed by atoms with Crippen LogP contribution in [0.1, 0.15) is 38.9 Å². The zero-order valence-electron chi connectivity index (χ0n) is 20.3. The van der Waals surface area contributed by atoms with Crippen molar-refractivity contribution < 1.29 is 0 Å². The van der Waals surface area contributed by atoms with E-state index in [1.807, 2.05) is 6.07 Å². The Hall–Kier alpha value is -3.11. The van der Waals surface area contributed by atoms with Crippen LogP contribution in [-0.2, 0) is 6.54 Å². The van der Waals surface area contributed by atoms with Gasteiger partial charge in [0, 0.05) is 24.5 Å². The first kappa shape index (κ1) is 23.6. The number of guanidine groups is 1. The maximum absolute atomic E-state index is 4.89. The van der Waals surface area contributed by atoms with E-state index in [4.69, 9.17) is 4.99 Å².